The van der Waals surface area contributed by atoms with E-state index >= 15 is 0 Å². The van der Waals surface area contributed by atoms with Gasteiger partial charge in [0.15, 0.2) is 0 Å². The number of anilines is 1. The summed E-state index contributed by atoms with van der Waals surface area (Å²) in [4.78, 5) is 41.6. The van der Waals surface area contributed by atoms with Crippen molar-refractivity contribution in [2.24, 2.45) is 5.92 Å². The molecule has 198 valence electrons. The molecule has 3 N–H and O–H groups in total. The van der Waals surface area contributed by atoms with Gasteiger partial charge in [-0.25, -0.2) is 0 Å². The molecule has 4 rings (SSSR count). The number of carbonyl (C=O) groups is 3. The number of likely N-dealkylation sites (tertiary alicyclic amines) is 1. The molecule has 1 atom stereocenters. The number of aliphatic carboxylic acids is 1. The van der Waals surface area contributed by atoms with Gasteiger partial charge in [-0.2, -0.15) is 0 Å². The Balaban J connectivity index is 1.38. The number of amides is 2. The predicted molar refractivity (Wildman–Crippen MR) is 143 cm³/mol. The van der Waals surface area contributed by atoms with Crippen LogP contribution in [0.3, 0.4) is 0 Å². The highest BCUT2D eigenvalue weighted by Crippen LogP contribution is 2.26. The molecule has 8 heteroatoms. The lowest BCUT2D eigenvalue weighted by Gasteiger charge is -2.28. The van der Waals surface area contributed by atoms with Crippen LogP contribution in [0.1, 0.15) is 53.6 Å². The highest BCUT2D eigenvalue weighted by atomic mass is 16.4. The third-order valence-electron chi connectivity index (χ3n) is 7.48. The number of carbonyl (C=O) groups excluding carboxylic acids is 2. The molecule has 0 radical (unpaired) electrons. The van der Waals surface area contributed by atoms with Gasteiger partial charge in [0.2, 0.25) is 5.91 Å². The number of benzene rings is 2. The average Bonchev–Trinajstić information content (AvgIpc) is 3.02. The molecule has 2 heterocycles. The molecular weight excluding hydrogens is 468 g/mol. The Morgan fingerprint density at radius 2 is 1.86 bits per heavy atom. The molecule has 2 aliphatic rings. The van der Waals surface area contributed by atoms with E-state index in [4.69, 9.17) is 0 Å². The SMILES string of the molecule is CN1CCC(CCCNC(=O)c2ccc3c(c2)NC(CC(=O)O)C(=O)N(CCc2ccccc2)C3)CC1. The van der Waals surface area contributed by atoms with Crippen molar-refractivity contribution >= 4 is 23.5 Å². The van der Waals surface area contributed by atoms with Gasteiger partial charge in [0.1, 0.15) is 6.04 Å². The van der Waals surface area contributed by atoms with Gasteiger partial charge >= 0.3 is 5.97 Å². The number of piperidine rings is 1. The first-order valence-electron chi connectivity index (χ1n) is 13.3. The number of fused-ring (bicyclic) bond motifs is 1. The molecule has 0 spiro atoms. The van der Waals surface area contributed by atoms with Crippen molar-refractivity contribution in [1.29, 1.82) is 0 Å². The van der Waals surface area contributed by atoms with Crippen molar-refractivity contribution in [3.63, 3.8) is 0 Å². The lowest BCUT2D eigenvalue weighted by atomic mass is 9.92. The van der Waals surface area contributed by atoms with Crippen LogP contribution in [-0.2, 0) is 22.6 Å². The predicted octanol–water partition coefficient (Wildman–Crippen LogP) is 3.38. The van der Waals surface area contributed by atoms with E-state index in [1.54, 1.807) is 17.0 Å². The van der Waals surface area contributed by atoms with Crippen LogP contribution in [0.2, 0.25) is 0 Å². The number of hydrogen-bond donors (Lipinski definition) is 3. The van der Waals surface area contributed by atoms with Gasteiger partial charge in [0.25, 0.3) is 5.91 Å². The first kappa shape index (κ1) is 26.7. The maximum Gasteiger partial charge on any atom is 0.305 e. The molecule has 1 unspecified atom stereocenters. The first-order valence-corrected chi connectivity index (χ1v) is 13.3. The second-order valence-corrected chi connectivity index (χ2v) is 10.3. The van der Waals surface area contributed by atoms with E-state index in [-0.39, 0.29) is 18.2 Å². The third-order valence-corrected chi connectivity index (χ3v) is 7.48. The summed E-state index contributed by atoms with van der Waals surface area (Å²) in [5, 5.41) is 15.6. The maximum absolute atomic E-state index is 13.2. The van der Waals surface area contributed by atoms with Crippen molar-refractivity contribution in [1.82, 2.24) is 15.1 Å². The zero-order valence-electron chi connectivity index (χ0n) is 21.6. The monoisotopic (exact) mass is 506 g/mol. The molecule has 37 heavy (non-hydrogen) atoms. The maximum atomic E-state index is 13.2. The van der Waals surface area contributed by atoms with E-state index in [0.717, 1.165) is 43.0 Å². The molecular formula is C29H38N4O4. The fourth-order valence-corrected chi connectivity index (χ4v) is 5.20. The zero-order chi connectivity index (χ0) is 26.2. The molecule has 1 saturated heterocycles. The molecule has 2 aromatic carbocycles. The molecule has 0 aliphatic carbocycles. The topological polar surface area (TPSA) is 102 Å². The Hall–Kier alpha value is -3.39. The van der Waals surface area contributed by atoms with Crippen LogP contribution in [0, 0.1) is 5.92 Å². The molecule has 2 aliphatic heterocycles. The Morgan fingerprint density at radius 1 is 1.11 bits per heavy atom. The number of nitrogens with one attached hydrogen (secondary N) is 2. The smallest absolute Gasteiger partial charge is 0.305 e. The Morgan fingerprint density at radius 3 is 2.59 bits per heavy atom. The first-order chi connectivity index (χ1) is 17.9. The fraction of sp³-hybridized carbons (Fsp3) is 0.483. The van der Waals surface area contributed by atoms with Gasteiger partial charge in [-0.1, -0.05) is 36.4 Å². The molecule has 0 saturated carbocycles. The summed E-state index contributed by atoms with van der Waals surface area (Å²) in [5.41, 5.74) is 3.13. The van der Waals surface area contributed by atoms with Gasteiger partial charge < -0.3 is 25.5 Å². The van der Waals surface area contributed by atoms with Crippen LogP contribution in [0.5, 0.6) is 0 Å². The van der Waals surface area contributed by atoms with Crippen molar-refractivity contribution in [3.05, 3.63) is 65.2 Å². The largest absolute Gasteiger partial charge is 0.481 e. The van der Waals surface area contributed by atoms with E-state index < -0.39 is 12.0 Å². The van der Waals surface area contributed by atoms with Gasteiger partial charge in [0, 0.05) is 30.9 Å². The number of carboxylic acid groups (broad SMARTS) is 1. The Labute approximate surface area is 219 Å². The highest BCUT2D eigenvalue weighted by Gasteiger charge is 2.31. The number of hydrogen-bond acceptors (Lipinski definition) is 5. The standard InChI is InChI=1S/C29H38N4O4/c1-32-15-11-22(12-16-32)8-5-14-30-28(36)23-9-10-24-20-33(17-13-21-6-3-2-4-7-21)29(37)26(19-27(34)35)31-25(24)18-23/h2-4,6-7,9-10,18,22,26,31H,5,8,11-17,19-20H2,1H3,(H,30,36)(H,34,35). The van der Waals surface area contributed by atoms with E-state index in [9.17, 15) is 19.5 Å². The van der Waals surface area contributed by atoms with Crippen LogP contribution < -0.4 is 10.6 Å². The normalized spacial score (nSPS) is 18.6. The van der Waals surface area contributed by atoms with Crippen LogP contribution in [0.25, 0.3) is 0 Å². The number of carboxylic acids is 1. The Bertz CT molecular complexity index is 1080. The van der Waals surface area contributed by atoms with E-state index in [1.807, 2.05) is 36.4 Å². The molecule has 0 bridgehead atoms. The van der Waals surface area contributed by atoms with Crippen LogP contribution in [0.4, 0.5) is 5.69 Å². The molecule has 2 amide bonds. The van der Waals surface area contributed by atoms with Crippen LogP contribution in [0.15, 0.2) is 48.5 Å². The van der Waals surface area contributed by atoms with Gasteiger partial charge in [-0.05, 0) is 81.4 Å². The molecule has 0 aromatic heterocycles. The third kappa shape index (κ3) is 7.55. The van der Waals surface area contributed by atoms with Crippen molar-refractivity contribution in [3.8, 4) is 0 Å². The van der Waals surface area contributed by atoms with Gasteiger partial charge in [0.05, 0.1) is 6.42 Å². The summed E-state index contributed by atoms with van der Waals surface area (Å²) < 4.78 is 0. The minimum atomic E-state index is -1.05. The summed E-state index contributed by atoms with van der Waals surface area (Å²) in [6.45, 7) is 3.77. The highest BCUT2D eigenvalue weighted by molar-refractivity contribution is 5.96. The number of rotatable bonds is 10. The summed E-state index contributed by atoms with van der Waals surface area (Å²) in [7, 11) is 2.16. The van der Waals surface area contributed by atoms with Crippen LogP contribution in [-0.4, -0.2) is 72.0 Å². The molecule has 8 nitrogen and oxygen atoms in total. The van der Waals surface area contributed by atoms with Crippen LogP contribution >= 0.6 is 0 Å². The molecule has 2 aromatic rings. The van der Waals surface area contributed by atoms with Crippen molar-refractivity contribution < 1.29 is 19.5 Å². The second kappa shape index (κ2) is 12.7. The quantitative estimate of drug-likeness (QED) is 0.427. The van der Waals surface area contributed by atoms with E-state index in [2.05, 4.69) is 22.6 Å². The summed E-state index contributed by atoms with van der Waals surface area (Å²) >= 11 is 0. The minimum absolute atomic E-state index is 0.153. The average molecular weight is 507 g/mol. The molecule has 1 fully saturated rings. The fourth-order valence-electron chi connectivity index (χ4n) is 5.20. The van der Waals surface area contributed by atoms with Gasteiger partial charge in [-0.3, -0.25) is 14.4 Å². The summed E-state index contributed by atoms with van der Waals surface area (Å²) in [6, 6.07) is 14.4. The van der Waals surface area contributed by atoms with E-state index in [1.165, 1.54) is 12.8 Å². The minimum Gasteiger partial charge on any atom is -0.481 e. The van der Waals surface area contributed by atoms with Crippen molar-refractivity contribution in [2.45, 2.75) is 51.1 Å². The second-order valence-electron chi connectivity index (χ2n) is 10.3. The summed E-state index contributed by atoms with van der Waals surface area (Å²) in [5.74, 6) is -0.706. The van der Waals surface area contributed by atoms with Gasteiger partial charge in [-0.15, -0.1) is 0 Å². The lowest BCUT2D eigenvalue weighted by Crippen LogP contribution is -2.42. The van der Waals surface area contributed by atoms with E-state index in [0.29, 0.717) is 37.3 Å². The summed E-state index contributed by atoms with van der Waals surface area (Å²) in [6.07, 6.45) is 4.87. The van der Waals surface area contributed by atoms with Crippen molar-refractivity contribution in [2.75, 3.05) is 38.5 Å². The zero-order valence-corrected chi connectivity index (χ0v) is 21.6. The lowest BCUT2D eigenvalue weighted by molar-refractivity contribution is -0.141. The Kier molecular flexibility index (Phi) is 9.17. The number of nitrogens with zero attached hydrogens (tertiary/aromatic N) is 2.